The summed E-state index contributed by atoms with van der Waals surface area (Å²) in [6, 6.07) is 13.8. The number of esters is 1. The molecule has 0 saturated carbocycles. The first kappa shape index (κ1) is 20.7. The van der Waals surface area contributed by atoms with Crippen molar-refractivity contribution < 1.29 is 23.8 Å². The molecule has 0 bridgehead atoms. The van der Waals surface area contributed by atoms with Crippen molar-refractivity contribution in [3.05, 3.63) is 60.0 Å². The van der Waals surface area contributed by atoms with Crippen molar-refractivity contribution in [1.29, 1.82) is 0 Å². The number of carbonyl (C=O) groups is 2. The van der Waals surface area contributed by atoms with Gasteiger partial charge in [0.05, 0.1) is 12.8 Å². The molecule has 0 aliphatic heterocycles. The number of aromatic nitrogens is 1. The number of methoxy groups -OCH3 is 1. The zero-order chi connectivity index (χ0) is 21.1. The van der Waals surface area contributed by atoms with Gasteiger partial charge in [-0.05, 0) is 37.6 Å². The van der Waals surface area contributed by atoms with Crippen LogP contribution < -0.4 is 0 Å². The predicted molar refractivity (Wildman–Crippen MR) is 109 cm³/mol. The van der Waals surface area contributed by atoms with Gasteiger partial charge in [0.25, 0.3) is 0 Å². The second-order valence-electron chi connectivity index (χ2n) is 7.26. The summed E-state index contributed by atoms with van der Waals surface area (Å²) >= 11 is 0. The molecule has 0 radical (unpaired) electrons. The number of hydrogen-bond donors (Lipinski definition) is 1. The van der Waals surface area contributed by atoms with Gasteiger partial charge < -0.3 is 14.4 Å². The Labute approximate surface area is 168 Å². The van der Waals surface area contributed by atoms with Gasteiger partial charge in [-0.3, -0.25) is 9.59 Å². The van der Waals surface area contributed by atoms with Gasteiger partial charge in [0, 0.05) is 28.9 Å². The van der Waals surface area contributed by atoms with Gasteiger partial charge in [0.2, 0.25) is 0 Å². The molecule has 2 aromatic carbocycles. The molecular weight excluding hydrogens is 373 g/mol. The van der Waals surface area contributed by atoms with Crippen LogP contribution in [-0.2, 0) is 14.3 Å². The van der Waals surface area contributed by atoms with Crippen molar-refractivity contribution in [3.63, 3.8) is 0 Å². The molecule has 0 spiro atoms. The fraction of sp³-hybridized carbons (Fsp3) is 0.304. The van der Waals surface area contributed by atoms with E-state index < -0.39 is 17.9 Å². The minimum Gasteiger partial charge on any atom is -0.469 e. The van der Waals surface area contributed by atoms with E-state index in [1.165, 1.54) is 19.2 Å². The fourth-order valence-corrected chi connectivity index (χ4v) is 3.70. The number of para-hydroxylation sites is 1. The lowest BCUT2D eigenvalue weighted by Gasteiger charge is -2.20. The van der Waals surface area contributed by atoms with Gasteiger partial charge in [-0.1, -0.05) is 30.3 Å². The maximum atomic E-state index is 13.5. The van der Waals surface area contributed by atoms with Crippen LogP contribution in [0.5, 0.6) is 0 Å². The van der Waals surface area contributed by atoms with E-state index in [0.29, 0.717) is 5.69 Å². The molecule has 29 heavy (non-hydrogen) atoms. The summed E-state index contributed by atoms with van der Waals surface area (Å²) in [5.41, 5.74) is 2.99. The van der Waals surface area contributed by atoms with Crippen LogP contribution in [0.3, 0.4) is 0 Å². The van der Waals surface area contributed by atoms with E-state index >= 15 is 0 Å². The average molecular weight is 397 g/mol. The van der Waals surface area contributed by atoms with Crippen LogP contribution >= 0.6 is 0 Å². The minimum atomic E-state index is -1.12. The fourth-order valence-electron chi connectivity index (χ4n) is 3.70. The Morgan fingerprint density at radius 3 is 2.38 bits per heavy atom. The number of halogens is 1. The highest BCUT2D eigenvalue weighted by atomic mass is 19.1. The summed E-state index contributed by atoms with van der Waals surface area (Å²) < 4.78 is 20.0. The first-order valence-electron chi connectivity index (χ1n) is 9.48. The molecule has 0 aliphatic rings. The normalized spacial score (nSPS) is 12.3. The minimum absolute atomic E-state index is 0.00876. The van der Waals surface area contributed by atoms with Gasteiger partial charge >= 0.3 is 5.97 Å². The number of aliphatic hydroxyl groups excluding tert-OH is 1. The second kappa shape index (κ2) is 8.57. The maximum Gasteiger partial charge on any atom is 0.313 e. The van der Waals surface area contributed by atoms with Gasteiger partial charge in [0.1, 0.15) is 24.1 Å². The summed E-state index contributed by atoms with van der Waals surface area (Å²) in [4.78, 5) is 23.7. The van der Waals surface area contributed by atoms with Crippen molar-refractivity contribution in [1.82, 2.24) is 4.57 Å². The molecule has 1 N–H and O–H groups in total. The van der Waals surface area contributed by atoms with Crippen molar-refractivity contribution in [2.45, 2.75) is 38.8 Å². The van der Waals surface area contributed by atoms with Gasteiger partial charge in [0.15, 0.2) is 0 Å². The number of hydrogen-bond acceptors (Lipinski definition) is 4. The number of benzene rings is 2. The Balaban J connectivity index is 2.17. The van der Waals surface area contributed by atoms with Gasteiger partial charge in [-0.15, -0.1) is 0 Å². The Bertz CT molecular complexity index is 1040. The van der Waals surface area contributed by atoms with Crippen LogP contribution in [0.4, 0.5) is 4.39 Å². The van der Waals surface area contributed by atoms with E-state index in [2.05, 4.69) is 4.74 Å². The third kappa shape index (κ3) is 4.22. The van der Waals surface area contributed by atoms with E-state index in [1.54, 1.807) is 12.1 Å². The molecule has 1 heterocycles. The van der Waals surface area contributed by atoms with Crippen LogP contribution in [0, 0.1) is 5.82 Å². The largest absolute Gasteiger partial charge is 0.469 e. The van der Waals surface area contributed by atoms with E-state index in [9.17, 15) is 19.1 Å². The molecule has 3 aromatic rings. The molecule has 5 nitrogen and oxygen atoms in total. The second-order valence-corrected chi connectivity index (χ2v) is 7.26. The number of carbonyl (C=O) groups excluding carboxylic acids is 2. The topological polar surface area (TPSA) is 68.5 Å². The van der Waals surface area contributed by atoms with Crippen molar-refractivity contribution >= 4 is 22.7 Å². The number of ether oxygens (including phenoxy) is 1. The Hall–Kier alpha value is -2.99. The van der Waals surface area contributed by atoms with E-state index in [4.69, 9.17) is 0 Å². The first-order valence-corrected chi connectivity index (χ1v) is 9.48. The molecular formula is C23H24FNO4. The van der Waals surface area contributed by atoms with Crippen molar-refractivity contribution in [2.75, 3.05) is 7.11 Å². The lowest BCUT2D eigenvalue weighted by molar-refractivity contribution is -0.143. The predicted octanol–water partition coefficient (Wildman–Crippen LogP) is 4.58. The molecule has 1 atom stereocenters. The van der Waals surface area contributed by atoms with Crippen LogP contribution in [-0.4, -0.2) is 28.5 Å². The van der Waals surface area contributed by atoms with Crippen LogP contribution in [0.1, 0.15) is 44.5 Å². The lowest BCUT2D eigenvalue weighted by atomic mass is 9.97. The SMILES string of the molecule is COC(=O)CC(=O)CC(O)c1c(-c2ccc(F)cc2)c2ccccc2n1C(C)C. The highest BCUT2D eigenvalue weighted by molar-refractivity contribution is 5.99. The lowest BCUT2D eigenvalue weighted by Crippen LogP contribution is -2.16. The summed E-state index contributed by atoms with van der Waals surface area (Å²) in [6.45, 7) is 3.99. The number of fused-ring (bicyclic) bond motifs is 1. The van der Waals surface area contributed by atoms with E-state index in [1.807, 2.05) is 42.7 Å². The summed E-state index contributed by atoms with van der Waals surface area (Å²) in [6.07, 6.45) is -1.73. The molecule has 3 rings (SSSR count). The summed E-state index contributed by atoms with van der Waals surface area (Å²) in [5, 5.41) is 11.9. The molecule has 1 unspecified atom stereocenters. The third-order valence-corrected chi connectivity index (χ3v) is 4.90. The van der Waals surface area contributed by atoms with Crippen molar-refractivity contribution in [3.8, 4) is 11.1 Å². The molecule has 6 heteroatoms. The number of nitrogens with zero attached hydrogens (tertiary/aromatic N) is 1. The highest BCUT2D eigenvalue weighted by Gasteiger charge is 2.27. The quantitative estimate of drug-likeness (QED) is 0.468. The van der Waals surface area contributed by atoms with Crippen LogP contribution in [0.2, 0.25) is 0 Å². The van der Waals surface area contributed by atoms with E-state index in [0.717, 1.165) is 22.0 Å². The van der Waals surface area contributed by atoms with Gasteiger partial charge in [-0.2, -0.15) is 0 Å². The molecule has 0 amide bonds. The number of ketones is 1. The first-order chi connectivity index (χ1) is 13.8. The number of Topliss-reactive ketones (excluding diaryl/α,β-unsaturated/α-hetero) is 1. The molecule has 0 saturated heterocycles. The molecule has 0 fully saturated rings. The maximum absolute atomic E-state index is 13.5. The third-order valence-electron chi connectivity index (χ3n) is 4.90. The molecule has 152 valence electrons. The highest BCUT2D eigenvalue weighted by Crippen LogP contribution is 2.41. The molecule has 1 aromatic heterocycles. The Morgan fingerprint density at radius 2 is 1.76 bits per heavy atom. The molecule has 0 aliphatic carbocycles. The Morgan fingerprint density at radius 1 is 1.10 bits per heavy atom. The monoisotopic (exact) mass is 397 g/mol. The van der Waals surface area contributed by atoms with Gasteiger partial charge in [-0.25, -0.2) is 4.39 Å². The summed E-state index contributed by atoms with van der Waals surface area (Å²) in [7, 11) is 1.22. The average Bonchev–Trinajstić information content (AvgIpc) is 3.04. The zero-order valence-corrected chi connectivity index (χ0v) is 16.7. The zero-order valence-electron chi connectivity index (χ0n) is 16.7. The van der Waals surface area contributed by atoms with Crippen LogP contribution in [0.25, 0.3) is 22.0 Å². The number of rotatable bonds is 7. The Kier molecular flexibility index (Phi) is 6.13. The van der Waals surface area contributed by atoms with Crippen molar-refractivity contribution in [2.24, 2.45) is 0 Å². The smallest absolute Gasteiger partial charge is 0.313 e. The standard InChI is InChI=1S/C23H24FNO4/c1-14(2)25-19-7-5-4-6-18(19)22(15-8-10-16(24)11-9-15)23(25)20(27)12-17(26)13-21(28)29-3/h4-11,14,20,27H,12-13H2,1-3H3. The van der Waals surface area contributed by atoms with E-state index in [-0.39, 0.29) is 24.7 Å². The van der Waals surface area contributed by atoms with Crippen LogP contribution in [0.15, 0.2) is 48.5 Å². The summed E-state index contributed by atoms with van der Waals surface area (Å²) in [5.74, 6) is -1.39. The number of aliphatic hydroxyl groups is 1.